The van der Waals surface area contributed by atoms with Gasteiger partial charge < -0.3 is 0 Å². The Morgan fingerprint density at radius 2 is 2.50 bits per heavy atom. The molecule has 0 spiro atoms. The minimum absolute atomic E-state index is 0.0459. The Morgan fingerprint density at radius 1 is 1.75 bits per heavy atom. The lowest BCUT2D eigenvalue weighted by molar-refractivity contribution is 0.931. The summed E-state index contributed by atoms with van der Waals surface area (Å²) >= 11 is 5.22. The number of hydrogen-bond donors (Lipinski definition) is 1. The number of nitrogens with one attached hydrogen (secondary N) is 1. The highest BCUT2D eigenvalue weighted by atomic mass is 35.5. The third-order valence-electron chi connectivity index (χ3n) is 0.547. The minimum atomic E-state index is -0.352. The average molecular weight is 132 g/mol. The highest BCUT2D eigenvalue weighted by Gasteiger charge is 1.84. The van der Waals surface area contributed by atoms with Gasteiger partial charge in [0.15, 0.2) is 0 Å². The lowest BCUT2D eigenvalue weighted by Crippen LogP contribution is -2.06. The predicted molar refractivity (Wildman–Crippen MR) is 27.7 cm³/mol. The van der Waals surface area contributed by atoms with Crippen molar-refractivity contribution in [2.75, 3.05) is 0 Å². The van der Waals surface area contributed by atoms with Crippen molar-refractivity contribution >= 4 is 11.6 Å². The van der Waals surface area contributed by atoms with Crippen LogP contribution in [0.2, 0.25) is 5.28 Å². The lowest BCUT2D eigenvalue weighted by atomic mass is 10.9. The summed E-state index contributed by atoms with van der Waals surface area (Å²) in [6.45, 7) is 0. The molecule has 0 atom stereocenters. The van der Waals surface area contributed by atoms with E-state index in [2.05, 4.69) is 15.2 Å². The van der Waals surface area contributed by atoms with Gasteiger partial charge in [-0.15, -0.1) is 5.10 Å². The Kier molecular flexibility index (Phi) is 1.26. The van der Waals surface area contributed by atoms with E-state index in [-0.39, 0.29) is 10.8 Å². The average Bonchev–Trinajstić information content (AvgIpc) is 1.77. The minimum Gasteiger partial charge on any atom is -0.266 e. The molecular weight excluding hydrogens is 130 g/mol. The third-order valence-corrected chi connectivity index (χ3v) is 0.729. The van der Waals surface area contributed by atoms with Crippen LogP contribution >= 0.6 is 11.6 Å². The molecule has 0 fully saturated rings. The van der Waals surface area contributed by atoms with Crippen LogP contribution in [0.1, 0.15) is 0 Å². The Morgan fingerprint density at radius 3 is 2.88 bits per heavy atom. The molecule has 1 N–H and O–H groups in total. The summed E-state index contributed by atoms with van der Waals surface area (Å²) in [7, 11) is 0. The molecule has 0 bridgehead atoms. The van der Waals surface area contributed by atoms with E-state index in [0.717, 1.165) is 6.20 Å². The fourth-order valence-electron chi connectivity index (χ4n) is 0.271. The maximum atomic E-state index is 10.2. The molecule has 0 amide bonds. The van der Waals surface area contributed by atoms with Crippen LogP contribution in [0.4, 0.5) is 0 Å². The van der Waals surface area contributed by atoms with Gasteiger partial charge >= 0.3 is 0 Å². The Balaban J connectivity index is 3.22. The van der Waals surface area contributed by atoms with Gasteiger partial charge in [0.2, 0.25) is 5.28 Å². The van der Waals surface area contributed by atoms with E-state index in [9.17, 15) is 4.79 Å². The van der Waals surface area contributed by atoms with Crippen LogP contribution in [0.5, 0.6) is 0 Å². The summed E-state index contributed by atoms with van der Waals surface area (Å²) in [6, 6.07) is 0. The van der Waals surface area contributed by atoms with Crippen molar-refractivity contribution in [2.45, 2.75) is 0 Å². The molecule has 0 saturated carbocycles. The molecule has 0 radical (unpaired) electrons. The Labute approximate surface area is 49.5 Å². The number of hydrogen-bond acceptors (Lipinski definition) is 3. The maximum absolute atomic E-state index is 10.2. The number of H-pyrrole nitrogens is 1. The van der Waals surface area contributed by atoms with Gasteiger partial charge in [0.1, 0.15) is 0 Å². The molecule has 4 nitrogen and oxygen atoms in total. The summed E-state index contributed by atoms with van der Waals surface area (Å²) in [5.41, 5.74) is -0.352. The first-order valence-electron chi connectivity index (χ1n) is 1.86. The lowest BCUT2D eigenvalue weighted by Gasteiger charge is -1.79. The molecule has 0 aliphatic heterocycles. The standard InChI is InChI=1S/C3H2ClN3O/c4-3-5-1-2(8)6-7-3/h1H,(H,6,8). The van der Waals surface area contributed by atoms with Crippen LogP contribution in [0.25, 0.3) is 0 Å². The molecule has 1 rings (SSSR count). The second kappa shape index (κ2) is 1.92. The second-order valence-electron chi connectivity index (χ2n) is 1.12. The first-order chi connectivity index (χ1) is 3.79. The van der Waals surface area contributed by atoms with Gasteiger partial charge in [0.25, 0.3) is 5.56 Å². The molecule has 1 heterocycles. The first-order valence-corrected chi connectivity index (χ1v) is 2.24. The molecule has 42 valence electrons. The number of aromatic nitrogens is 3. The van der Waals surface area contributed by atoms with Gasteiger partial charge in [-0.1, -0.05) is 0 Å². The van der Waals surface area contributed by atoms with Crippen molar-refractivity contribution in [2.24, 2.45) is 0 Å². The van der Waals surface area contributed by atoms with Crippen LogP contribution in [-0.2, 0) is 0 Å². The molecule has 1 aromatic rings. The van der Waals surface area contributed by atoms with Crippen molar-refractivity contribution in [3.63, 3.8) is 0 Å². The van der Waals surface area contributed by atoms with Crippen molar-refractivity contribution in [3.05, 3.63) is 21.8 Å². The molecule has 0 unspecified atom stereocenters. The maximum Gasteiger partial charge on any atom is 0.282 e. The number of nitrogens with zero attached hydrogens (tertiary/aromatic N) is 2. The van der Waals surface area contributed by atoms with E-state index in [4.69, 9.17) is 11.6 Å². The van der Waals surface area contributed by atoms with Gasteiger partial charge in [-0.05, 0) is 11.6 Å². The predicted octanol–water partition coefficient (Wildman–Crippen LogP) is -0.182. The molecule has 1 aromatic heterocycles. The summed E-state index contributed by atoms with van der Waals surface area (Å²) in [4.78, 5) is 13.6. The highest BCUT2D eigenvalue weighted by molar-refractivity contribution is 6.28. The largest absolute Gasteiger partial charge is 0.282 e. The van der Waals surface area contributed by atoms with E-state index in [1.54, 1.807) is 0 Å². The highest BCUT2D eigenvalue weighted by Crippen LogP contribution is 1.87. The number of rotatable bonds is 0. The third kappa shape index (κ3) is 1.04. The van der Waals surface area contributed by atoms with Gasteiger partial charge in [-0.3, -0.25) is 4.79 Å². The molecular formula is C3H2ClN3O. The summed E-state index contributed by atoms with van der Waals surface area (Å²) in [6.07, 6.45) is 1.06. The molecule has 0 saturated heterocycles. The second-order valence-corrected chi connectivity index (χ2v) is 1.45. The molecule has 8 heavy (non-hydrogen) atoms. The topological polar surface area (TPSA) is 58.6 Å². The number of aromatic amines is 1. The normalized spacial score (nSPS) is 9.12. The quantitative estimate of drug-likeness (QED) is 0.531. The van der Waals surface area contributed by atoms with Crippen LogP contribution in [0, 0.1) is 0 Å². The summed E-state index contributed by atoms with van der Waals surface area (Å²) in [5.74, 6) is 0. The molecule has 0 aliphatic carbocycles. The van der Waals surface area contributed by atoms with Crippen molar-refractivity contribution in [1.29, 1.82) is 0 Å². The van der Waals surface area contributed by atoms with E-state index >= 15 is 0 Å². The van der Waals surface area contributed by atoms with Crippen LogP contribution < -0.4 is 5.56 Å². The van der Waals surface area contributed by atoms with E-state index < -0.39 is 0 Å². The zero-order valence-electron chi connectivity index (χ0n) is 3.76. The van der Waals surface area contributed by atoms with Gasteiger partial charge in [0.05, 0.1) is 6.20 Å². The number of halogens is 1. The Hall–Kier alpha value is -0.900. The van der Waals surface area contributed by atoms with Crippen LogP contribution in [0.3, 0.4) is 0 Å². The van der Waals surface area contributed by atoms with Crippen LogP contribution in [-0.4, -0.2) is 15.2 Å². The zero-order chi connectivity index (χ0) is 5.98. The van der Waals surface area contributed by atoms with Gasteiger partial charge in [-0.25, -0.2) is 10.1 Å². The van der Waals surface area contributed by atoms with Crippen molar-refractivity contribution in [3.8, 4) is 0 Å². The monoisotopic (exact) mass is 131 g/mol. The zero-order valence-corrected chi connectivity index (χ0v) is 4.51. The summed E-state index contributed by atoms with van der Waals surface area (Å²) in [5, 5.41) is 5.44. The molecule has 0 aliphatic rings. The van der Waals surface area contributed by atoms with Crippen molar-refractivity contribution in [1.82, 2.24) is 15.2 Å². The van der Waals surface area contributed by atoms with Gasteiger partial charge in [-0.2, -0.15) is 0 Å². The first kappa shape index (κ1) is 5.24. The van der Waals surface area contributed by atoms with Gasteiger partial charge in [0, 0.05) is 0 Å². The molecule has 5 heteroatoms. The fourth-order valence-corrected chi connectivity index (χ4v) is 0.362. The van der Waals surface area contributed by atoms with E-state index in [1.165, 1.54) is 0 Å². The molecule has 0 aromatic carbocycles. The van der Waals surface area contributed by atoms with Crippen molar-refractivity contribution < 1.29 is 0 Å². The Bertz CT molecular complexity index is 212. The smallest absolute Gasteiger partial charge is 0.266 e. The SMILES string of the molecule is O=c1cnc(Cl)n[nH]1. The van der Waals surface area contributed by atoms with E-state index in [1.807, 2.05) is 0 Å². The summed E-state index contributed by atoms with van der Waals surface area (Å²) < 4.78 is 0. The van der Waals surface area contributed by atoms with E-state index in [0.29, 0.717) is 0 Å². The fraction of sp³-hybridized carbons (Fsp3) is 0. The van der Waals surface area contributed by atoms with Crippen LogP contribution in [0.15, 0.2) is 11.0 Å².